The van der Waals surface area contributed by atoms with Gasteiger partial charge >= 0.3 is 0 Å². The van der Waals surface area contributed by atoms with Gasteiger partial charge in [-0.05, 0) is 80.2 Å². The van der Waals surface area contributed by atoms with Crippen LogP contribution >= 0.6 is 23.8 Å². The average molecular weight is 436 g/mol. The Labute approximate surface area is 184 Å². The van der Waals surface area contributed by atoms with E-state index in [1.54, 1.807) is 18.2 Å². The minimum Gasteiger partial charge on any atom is -0.318 e. The van der Waals surface area contributed by atoms with Gasteiger partial charge in [0.25, 0.3) is 11.8 Å². The highest BCUT2D eigenvalue weighted by atomic mass is 35.5. The predicted octanol–water partition coefficient (Wildman–Crippen LogP) is 4.58. The van der Waals surface area contributed by atoms with E-state index in [9.17, 15) is 9.59 Å². The standard InChI is InChI=1S/C23H18ClN3O2S/c1-14-12-16(15(2)26(14)19-10-8-17(24)9-11-19)13-20-21(28)25-23(30)27(22(20)29)18-6-4-3-5-7-18/h3-13H,1-2H3,(H,25,28,30)/b20-13+. The molecular weight excluding hydrogens is 418 g/mol. The summed E-state index contributed by atoms with van der Waals surface area (Å²) in [6, 6.07) is 18.4. The van der Waals surface area contributed by atoms with Gasteiger partial charge in [-0.15, -0.1) is 0 Å². The molecule has 0 spiro atoms. The molecule has 2 aromatic carbocycles. The van der Waals surface area contributed by atoms with Crippen molar-refractivity contribution in [1.29, 1.82) is 0 Å². The van der Waals surface area contributed by atoms with Gasteiger partial charge in [-0.3, -0.25) is 19.8 Å². The normalized spacial score (nSPS) is 15.6. The van der Waals surface area contributed by atoms with Crippen molar-refractivity contribution in [3.8, 4) is 5.69 Å². The summed E-state index contributed by atoms with van der Waals surface area (Å²) < 4.78 is 2.05. The largest absolute Gasteiger partial charge is 0.318 e. The molecule has 0 atom stereocenters. The predicted molar refractivity (Wildman–Crippen MR) is 123 cm³/mol. The molecule has 30 heavy (non-hydrogen) atoms. The number of carbonyl (C=O) groups excluding carboxylic acids is 2. The lowest BCUT2D eigenvalue weighted by Crippen LogP contribution is -2.54. The molecule has 7 heteroatoms. The summed E-state index contributed by atoms with van der Waals surface area (Å²) in [7, 11) is 0. The molecule has 1 N–H and O–H groups in total. The van der Waals surface area contributed by atoms with Gasteiger partial charge in [0.1, 0.15) is 5.57 Å². The Morgan fingerprint density at radius 3 is 2.30 bits per heavy atom. The molecular formula is C23H18ClN3O2S. The number of aromatic nitrogens is 1. The van der Waals surface area contributed by atoms with Gasteiger partial charge in [-0.2, -0.15) is 0 Å². The van der Waals surface area contributed by atoms with Crippen LogP contribution in [0.25, 0.3) is 11.8 Å². The van der Waals surface area contributed by atoms with E-state index in [2.05, 4.69) is 5.32 Å². The Bertz CT molecular complexity index is 1200. The van der Waals surface area contributed by atoms with Crippen molar-refractivity contribution in [1.82, 2.24) is 9.88 Å². The lowest BCUT2D eigenvalue weighted by Gasteiger charge is -2.28. The maximum absolute atomic E-state index is 13.1. The van der Waals surface area contributed by atoms with Gasteiger partial charge in [0.05, 0.1) is 5.69 Å². The summed E-state index contributed by atoms with van der Waals surface area (Å²) in [6.45, 7) is 3.91. The van der Waals surface area contributed by atoms with Crippen LogP contribution in [-0.2, 0) is 9.59 Å². The summed E-state index contributed by atoms with van der Waals surface area (Å²) in [4.78, 5) is 27.1. The summed E-state index contributed by atoms with van der Waals surface area (Å²) in [5.74, 6) is -0.959. The molecule has 0 unspecified atom stereocenters. The number of halogens is 1. The summed E-state index contributed by atoms with van der Waals surface area (Å²) in [5, 5.41) is 3.34. The van der Waals surface area contributed by atoms with Crippen molar-refractivity contribution in [3.63, 3.8) is 0 Å². The first-order chi connectivity index (χ1) is 14.4. The number of hydrogen-bond donors (Lipinski definition) is 1. The number of hydrogen-bond acceptors (Lipinski definition) is 3. The molecule has 4 rings (SSSR count). The van der Waals surface area contributed by atoms with E-state index in [0.29, 0.717) is 10.7 Å². The molecule has 0 radical (unpaired) electrons. The minimum atomic E-state index is -0.506. The Morgan fingerprint density at radius 2 is 1.63 bits per heavy atom. The fraction of sp³-hybridized carbons (Fsp3) is 0.0870. The van der Waals surface area contributed by atoms with Crippen LogP contribution in [0, 0.1) is 13.8 Å². The van der Waals surface area contributed by atoms with Crippen molar-refractivity contribution < 1.29 is 9.59 Å². The van der Waals surface area contributed by atoms with Crippen LogP contribution in [0.5, 0.6) is 0 Å². The van der Waals surface area contributed by atoms with Gasteiger partial charge in [-0.1, -0.05) is 29.8 Å². The van der Waals surface area contributed by atoms with E-state index in [4.69, 9.17) is 23.8 Å². The summed E-state index contributed by atoms with van der Waals surface area (Å²) in [5.41, 5.74) is 4.24. The van der Waals surface area contributed by atoms with Gasteiger partial charge in [0.15, 0.2) is 5.11 Å². The molecule has 0 aliphatic carbocycles. The fourth-order valence-corrected chi connectivity index (χ4v) is 3.95. The third-order valence-electron chi connectivity index (χ3n) is 4.97. The maximum Gasteiger partial charge on any atom is 0.270 e. The number of carbonyl (C=O) groups is 2. The van der Waals surface area contributed by atoms with Crippen molar-refractivity contribution in [2.45, 2.75) is 13.8 Å². The van der Waals surface area contributed by atoms with Crippen LogP contribution in [0.15, 0.2) is 66.2 Å². The van der Waals surface area contributed by atoms with Crippen molar-refractivity contribution in [3.05, 3.63) is 88.2 Å². The fourth-order valence-electron chi connectivity index (χ4n) is 3.55. The van der Waals surface area contributed by atoms with E-state index >= 15 is 0 Å². The zero-order valence-corrected chi connectivity index (χ0v) is 17.9. The second-order valence-electron chi connectivity index (χ2n) is 6.93. The summed E-state index contributed by atoms with van der Waals surface area (Å²) in [6.07, 6.45) is 1.62. The number of nitrogens with one attached hydrogen (secondary N) is 1. The number of anilines is 1. The molecule has 2 heterocycles. The van der Waals surface area contributed by atoms with Gasteiger partial charge in [0, 0.05) is 22.1 Å². The van der Waals surface area contributed by atoms with E-state index in [-0.39, 0.29) is 10.7 Å². The van der Waals surface area contributed by atoms with Gasteiger partial charge in [0.2, 0.25) is 0 Å². The van der Waals surface area contributed by atoms with Crippen LogP contribution in [0.2, 0.25) is 5.02 Å². The molecule has 3 aromatic rings. The van der Waals surface area contributed by atoms with Crippen molar-refractivity contribution in [2.75, 3.05) is 4.90 Å². The van der Waals surface area contributed by atoms with Crippen LogP contribution in [0.3, 0.4) is 0 Å². The number of aryl methyl sites for hydroxylation is 1. The topological polar surface area (TPSA) is 54.3 Å². The van der Waals surface area contributed by atoms with Crippen LogP contribution in [0.1, 0.15) is 17.0 Å². The average Bonchev–Trinajstić information content (AvgIpc) is 3.00. The number of nitrogens with zero attached hydrogens (tertiary/aromatic N) is 2. The third-order valence-corrected chi connectivity index (χ3v) is 5.51. The highest BCUT2D eigenvalue weighted by Crippen LogP contribution is 2.26. The molecule has 1 aliphatic rings. The summed E-state index contributed by atoms with van der Waals surface area (Å²) >= 11 is 11.2. The second-order valence-corrected chi connectivity index (χ2v) is 7.75. The zero-order valence-electron chi connectivity index (χ0n) is 16.3. The van der Waals surface area contributed by atoms with Crippen molar-refractivity contribution >= 4 is 52.5 Å². The molecule has 1 aliphatic heterocycles. The first-order valence-electron chi connectivity index (χ1n) is 9.28. The minimum absolute atomic E-state index is 0.0313. The number of thiocarbonyl (C=S) groups is 1. The lowest BCUT2D eigenvalue weighted by atomic mass is 10.1. The Hall–Kier alpha value is -3.22. The molecule has 1 saturated heterocycles. The maximum atomic E-state index is 13.1. The molecule has 2 amide bonds. The quantitative estimate of drug-likeness (QED) is 0.372. The molecule has 5 nitrogen and oxygen atoms in total. The molecule has 0 saturated carbocycles. The van der Waals surface area contributed by atoms with E-state index < -0.39 is 11.8 Å². The number of amides is 2. The smallest absolute Gasteiger partial charge is 0.270 e. The first-order valence-corrected chi connectivity index (χ1v) is 10.1. The van der Waals surface area contributed by atoms with Crippen molar-refractivity contribution in [2.24, 2.45) is 0 Å². The number of rotatable bonds is 3. The first kappa shape index (κ1) is 20.1. The zero-order chi connectivity index (χ0) is 21.4. The van der Waals surface area contributed by atoms with Gasteiger partial charge < -0.3 is 4.57 Å². The van der Waals surface area contributed by atoms with E-state index in [0.717, 1.165) is 22.6 Å². The van der Waals surface area contributed by atoms with Gasteiger partial charge in [-0.25, -0.2) is 0 Å². The monoisotopic (exact) mass is 435 g/mol. The molecule has 150 valence electrons. The number of benzene rings is 2. The Balaban J connectivity index is 1.76. The SMILES string of the molecule is Cc1cc(/C=C2\C(=O)NC(=S)N(c3ccccc3)C2=O)c(C)n1-c1ccc(Cl)cc1. The molecule has 1 fully saturated rings. The second kappa shape index (κ2) is 7.89. The Kier molecular flexibility index (Phi) is 5.28. The van der Waals surface area contributed by atoms with Crippen LogP contribution < -0.4 is 10.2 Å². The third kappa shape index (κ3) is 3.56. The van der Waals surface area contributed by atoms with E-state index in [1.165, 1.54) is 4.90 Å². The highest BCUT2D eigenvalue weighted by Gasteiger charge is 2.34. The van der Waals surface area contributed by atoms with Crippen LogP contribution in [0.4, 0.5) is 5.69 Å². The van der Waals surface area contributed by atoms with Crippen LogP contribution in [-0.4, -0.2) is 21.5 Å². The molecule has 0 bridgehead atoms. The lowest BCUT2D eigenvalue weighted by molar-refractivity contribution is -0.122. The Morgan fingerprint density at radius 1 is 0.967 bits per heavy atom. The molecule has 1 aromatic heterocycles. The number of para-hydroxylation sites is 1. The van der Waals surface area contributed by atoms with E-state index in [1.807, 2.05) is 66.9 Å². The highest BCUT2D eigenvalue weighted by molar-refractivity contribution is 7.80.